The quantitative estimate of drug-likeness (QED) is 0.536. The lowest BCUT2D eigenvalue weighted by Crippen LogP contribution is -2.16. The van der Waals surface area contributed by atoms with Crippen LogP contribution in [-0.4, -0.2) is 19.3 Å². The number of nitrogens with zero attached hydrogens (tertiary/aromatic N) is 1. The van der Waals surface area contributed by atoms with Crippen molar-refractivity contribution in [2.24, 2.45) is 0 Å². The maximum absolute atomic E-state index is 12.9. The van der Waals surface area contributed by atoms with Crippen LogP contribution in [0, 0.1) is 0 Å². The Morgan fingerprint density at radius 3 is 2.50 bits per heavy atom. The van der Waals surface area contributed by atoms with Crippen LogP contribution in [0.3, 0.4) is 0 Å². The van der Waals surface area contributed by atoms with Crippen LogP contribution >= 0.6 is 22.9 Å². The number of carbonyl (C=O) groups excluding carboxylic acids is 1. The molecule has 1 amide bonds. The first-order valence-corrected chi connectivity index (χ1v) is 11.0. The predicted molar refractivity (Wildman–Crippen MR) is 108 cm³/mol. The van der Waals surface area contributed by atoms with Gasteiger partial charge in [-0.25, -0.2) is 13.4 Å². The lowest BCUT2D eigenvalue weighted by Gasteiger charge is -2.11. The fraction of sp³-hybridized carbons (Fsp3) is 0.111. The smallest absolute Gasteiger partial charge is 0.326 e. The Kier molecular flexibility index (Phi) is 6.34. The number of rotatable bonds is 6. The van der Waals surface area contributed by atoms with Gasteiger partial charge in [-0.15, -0.1) is 11.3 Å². The number of thiazole rings is 1. The summed E-state index contributed by atoms with van der Waals surface area (Å²) < 4.78 is 65.6. The minimum atomic E-state index is -4.66. The molecule has 0 bridgehead atoms. The fourth-order valence-electron chi connectivity index (χ4n) is 2.40. The van der Waals surface area contributed by atoms with E-state index in [1.54, 1.807) is 18.2 Å². The maximum Gasteiger partial charge on any atom is 0.417 e. The SMILES string of the molecule is O=C(Cc1csc(NS(=O)(=O)c2ccccc2)n1)Nc1ccc(Cl)c(C(F)(F)F)c1. The second-order valence-electron chi connectivity index (χ2n) is 5.98. The van der Waals surface area contributed by atoms with Crippen molar-refractivity contribution in [3.05, 3.63) is 70.2 Å². The van der Waals surface area contributed by atoms with Crippen LogP contribution in [0.15, 0.2) is 58.8 Å². The van der Waals surface area contributed by atoms with E-state index >= 15 is 0 Å². The number of carbonyl (C=O) groups is 1. The summed E-state index contributed by atoms with van der Waals surface area (Å²) in [5.41, 5.74) is -0.876. The Morgan fingerprint density at radius 2 is 1.83 bits per heavy atom. The van der Waals surface area contributed by atoms with Gasteiger partial charge in [0.1, 0.15) is 0 Å². The van der Waals surface area contributed by atoms with Gasteiger partial charge < -0.3 is 5.32 Å². The summed E-state index contributed by atoms with van der Waals surface area (Å²) >= 11 is 6.53. The number of hydrogen-bond donors (Lipinski definition) is 2. The van der Waals surface area contributed by atoms with Crippen LogP contribution in [0.1, 0.15) is 11.3 Å². The topological polar surface area (TPSA) is 88.2 Å². The van der Waals surface area contributed by atoms with Crippen molar-refractivity contribution < 1.29 is 26.4 Å². The summed E-state index contributed by atoms with van der Waals surface area (Å²) in [5, 5.41) is 3.41. The Balaban J connectivity index is 1.66. The highest BCUT2D eigenvalue weighted by Crippen LogP contribution is 2.36. The van der Waals surface area contributed by atoms with Crippen LogP contribution in [0.25, 0.3) is 0 Å². The molecule has 3 aromatic rings. The average molecular weight is 476 g/mol. The van der Waals surface area contributed by atoms with Gasteiger partial charge in [0.2, 0.25) is 5.91 Å². The summed E-state index contributed by atoms with van der Waals surface area (Å²) in [6, 6.07) is 10.7. The van der Waals surface area contributed by atoms with Crippen molar-refractivity contribution in [2.75, 3.05) is 10.0 Å². The molecule has 0 unspecified atom stereocenters. The van der Waals surface area contributed by atoms with E-state index in [2.05, 4.69) is 15.0 Å². The molecule has 0 saturated carbocycles. The zero-order valence-electron chi connectivity index (χ0n) is 14.9. The number of aromatic nitrogens is 1. The molecule has 1 heterocycles. The molecule has 158 valence electrons. The van der Waals surface area contributed by atoms with Gasteiger partial charge in [-0.1, -0.05) is 29.8 Å². The summed E-state index contributed by atoms with van der Waals surface area (Å²) in [5.74, 6) is -0.617. The lowest BCUT2D eigenvalue weighted by atomic mass is 10.2. The summed E-state index contributed by atoms with van der Waals surface area (Å²) in [4.78, 5) is 16.2. The highest BCUT2D eigenvalue weighted by molar-refractivity contribution is 7.93. The molecular weight excluding hydrogens is 463 g/mol. The number of sulfonamides is 1. The van der Waals surface area contributed by atoms with Gasteiger partial charge in [0.05, 0.1) is 27.6 Å². The molecule has 0 fully saturated rings. The van der Waals surface area contributed by atoms with Crippen molar-refractivity contribution in [1.29, 1.82) is 0 Å². The van der Waals surface area contributed by atoms with Gasteiger partial charge in [-0.3, -0.25) is 9.52 Å². The molecule has 0 spiro atoms. The number of alkyl halides is 3. The minimum absolute atomic E-state index is 0.0581. The molecule has 6 nitrogen and oxygen atoms in total. The first-order chi connectivity index (χ1) is 14.0. The van der Waals surface area contributed by atoms with Crippen LogP contribution in [0.5, 0.6) is 0 Å². The van der Waals surface area contributed by atoms with Crippen molar-refractivity contribution in [2.45, 2.75) is 17.5 Å². The highest BCUT2D eigenvalue weighted by atomic mass is 35.5. The van der Waals surface area contributed by atoms with Crippen molar-refractivity contribution in [1.82, 2.24) is 4.98 Å². The van der Waals surface area contributed by atoms with Crippen molar-refractivity contribution >= 4 is 49.7 Å². The number of benzene rings is 2. The lowest BCUT2D eigenvalue weighted by molar-refractivity contribution is -0.137. The van der Waals surface area contributed by atoms with Crippen LogP contribution in [0.4, 0.5) is 24.0 Å². The van der Waals surface area contributed by atoms with E-state index in [4.69, 9.17) is 11.6 Å². The molecule has 0 atom stereocenters. The molecule has 3 rings (SSSR count). The van der Waals surface area contributed by atoms with Gasteiger partial charge in [0.25, 0.3) is 10.0 Å². The van der Waals surface area contributed by atoms with Crippen LogP contribution in [-0.2, 0) is 27.4 Å². The van der Waals surface area contributed by atoms with E-state index in [0.29, 0.717) is 0 Å². The van der Waals surface area contributed by atoms with Crippen LogP contribution < -0.4 is 10.0 Å². The molecule has 0 radical (unpaired) electrons. The minimum Gasteiger partial charge on any atom is -0.326 e. The molecule has 0 aliphatic heterocycles. The van der Waals surface area contributed by atoms with E-state index in [-0.39, 0.29) is 27.8 Å². The Hall–Kier alpha value is -2.63. The largest absolute Gasteiger partial charge is 0.417 e. The van der Waals surface area contributed by atoms with Gasteiger partial charge in [0, 0.05) is 11.1 Å². The fourth-order valence-corrected chi connectivity index (χ4v) is 4.61. The standard InChI is InChI=1S/C18H13ClF3N3O3S2/c19-15-7-6-11(8-14(15)18(20,21)22)23-16(26)9-12-10-29-17(24-12)25-30(27,28)13-4-2-1-3-5-13/h1-8,10H,9H2,(H,23,26)(H,24,25). The van der Waals surface area contributed by atoms with E-state index in [0.717, 1.165) is 23.5 Å². The summed E-state index contributed by atoms with van der Waals surface area (Å²) in [6.45, 7) is 0. The molecule has 2 N–H and O–H groups in total. The summed E-state index contributed by atoms with van der Waals surface area (Å²) in [6.07, 6.45) is -4.91. The van der Waals surface area contributed by atoms with Gasteiger partial charge in [0.15, 0.2) is 5.13 Å². The molecule has 1 aromatic heterocycles. The second kappa shape index (κ2) is 8.62. The number of halogens is 4. The average Bonchev–Trinajstić information content (AvgIpc) is 3.09. The van der Waals surface area contributed by atoms with Gasteiger partial charge in [-0.05, 0) is 30.3 Å². The first kappa shape index (κ1) is 22.1. The molecular formula is C18H13ClF3N3O3S2. The monoisotopic (exact) mass is 475 g/mol. The Morgan fingerprint density at radius 1 is 1.13 bits per heavy atom. The van der Waals surface area contributed by atoms with E-state index in [1.807, 2.05) is 0 Å². The molecule has 0 saturated heterocycles. The second-order valence-corrected chi connectivity index (χ2v) is 8.93. The highest BCUT2D eigenvalue weighted by Gasteiger charge is 2.33. The Bertz CT molecular complexity index is 1170. The number of amides is 1. The number of anilines is 2. The maximum atomic E-state index is 12.9. The molecule has 30 heavy (non-hydrogen) atoms. The van der Waals surface area contributed by atoms with Crippen molar-refractivity contribution in [3.8, 4) is 0 Å². The van der Waals surface area contributed by atoms with Crippen LogP contribution in [0.2, 0.25) is 5.02 Å². The van der Waals surface area contributed by atoms with E-state index < -0.39 is 32.7 Å². The Labute approximate surface area is 178 Å². The van der Waals surface area contributed by atoms with Gasteiger partial charge >= 0.3 is 6.18 Å². The summed E-state index contributed by atoms with van der Waals surface area (Å²) in [7, 11) is -3.82. The van der Waals surface area contributed by atoms with Crippen molar-refractivity contribution in [3.63, 3.8) is 0 Å². The van der Waals surface area contributed by atoms with E-state index in [1.165, 1.54) is 23.6 Å². The van der Waals surface area contributed by atoms with E-state index in [9.17, 15) is 26.4 Å². The number of nitrogens with one attached hydrogen (secondary N) is 2. The third-order valence-electron chi connectivity index (χ3n) is 3.72. The molecule has 0 aliphatic rings. The predicted octanol–water partition coefficient (Wildman–Crippen LogP) is 4.80. The first-order valence-electron chi connectivity index (χ1n) is 8.23. The number of hydrogen-bond acceptors (Lipinski definition) is 5. The molecule has 0 aliphatic carbocycles. The zero-order chi connectivity index (χ0) is 21.9. The molecule has 12 heteroatoms. The normalized spacial score (nSPS) is 11.9. The van der Waals surface area contributed by atoms with Gasteiger partial charge in [-0.2, -0.15) is 13.2 Å². The molecule has 2 aromatic carbocycles. The third kappa shape index (κ3) is 5.49. The zero-order valence-corrected chi connectivity index (χ0v) is 17.3. The third-order valence-corrected chi connectivity index (χ3v) is 6.34.